The number of benzene rings is 3. The lowest BCUT2D eigenvalue weighted by Crippen LogP contribution is -2.54. The van der Waals surface area contributed by atoms with Crippen LogP contribution >= 0.6 is 0 Å². The van der Waals surface area contributed by atoms with E-state index in [0.717, 1.165) is 21.2 Å². The standard InChI is InChI=1S/C31H35N3O6/c1-19(2)14-27(28(36)32-23(18-35)15-20-8-4-3-5-9-20)33-26(31(39)40)12-13-34-29(37)24-16-21-10-6-7-11-22(21)17-25(24)30(34)38/h3-11,16-17,19,23,26-27,33,35H,12-15,18H2,1-2H3,(H,32,36)(H,39,40)/t23?,26-,27+/m1/s1. The van der Waals surface area contributed by atoms with Gasteiger partial charge < -0.3 is 15.5 Å². The Morgan fingerprint density at radius 2 is 1.45 bits per heavy atom. The van der Waals surface area contributed by atoms with Crippen molar-refractivity contribution in [3.05, 3.63) is 83.4 Å². The summed E-state index contributed by atoms with van der Waals surface area (Å²) in [5.41, 5.74) is 1.55. The molecule has 9 nitrogen and oxygen atoms in total. The summed E-state index contributed by atoms with van der Waals surface area (Å²) in [4.78, 5) is 52.6. The van der Waals surface area contributed by atoms with Gasteiger partial charge in [0.1, 0.15) is 6.04 Å². The predicted octanol–water partition coefficient (Wildman–Crippen LogP) is 3.00. The minimum atomic E-state index is -1.19. The summed E-state index contributed by atoms with van der Waals surface area (Å²) in [6, 6.07) is 17.7. The number of carboxylic acids is 1. The average molecular weight is 546 g/mol. The van der Waals surface area contributed by atoms with E-state index >= 15 is 0 Å². The van der Waals surface area contributed by atoms with Gasteiger partial charge in [0.05, 0.1) is 29.8 Å². The number of carbonyl (C=O) groups excluding carboxylic acids is 3. The number of aliphatic hydroxyl groups is 1. The number of carbonyl (C=O) groups is 4. The zero-order valence-corrected chi connectivity index (χ0v) is 22.7. The third-order valence-corrected chi connectivity index (χ3v) is 7.09. The van der Waals surface area contributed by atoms with E-state index in [2.05, 4.69) is 10.6 Å². The van der Waals surface area contributed by atoms with E-state index < -0.39 is 41.8 Å². The Morgan fingerprint density at radius 3 is 1.98 bits per heavy atom. The molecule has 1 heterocycles. The first-order valence-electron chi connectivity index (χ1n) is 13.5. The summed E-state index contributed by atoms with van der Waals surface area (Å²) >= 11 is 0. The van der Waals surface area contributed by atoms with Crippen LogP contribution < -0.4 is 10.6 Å². The minimum Gasteiger partial charge on any atom is -0.480 e. The molecule has 1 aliphatic heterocycles. The molecule has 0 bridgehead atoms. The molecule has 3 aromatic rings. The number of imide groups is 1. The van der Waals surface area contributed by atoms with Crippen LogP contribution in [0.25, 0.3) is 10.8 Å². The monoisotopic (exact) mass is 545 g/mol. The molecule has 1 unspecified atom stereocenters. The van der Waals surface area contributed by atoms with Crippen LogP contribution in [-0.4, -0.2) is 70.1 Å². The summed E-state index contributed by atoms with van der Waals surface area (Å²) in [7, 11) is 0. The van der Waals surface area contributed by atoms with Gasteiger partial charge in [-0.25, -0.2) is 0 Å². The fourth-order valence-electron chi connectivity index (χ4n) is 5.04. The van der Waals surface area contributed by atoms with Crippen molar-refractivity contribution in [1.29, 1.82) is 0 Å². The van der Waals surface area contributed by atoms with Gasteiger partial charge in [-0.05, 0) is 53.6 Å². The highest BCUT2D eigenvalue weighted by molar-refractivity contribution is 6.23. The summed E-state index contributed by atoms with van der Waals surface area (Å²) in [5, 5.41) is 27.3. The van der Waals surface area contributed by atoms with E-state index in [-0.39, 0.29) is 25.5 Å². The van der Waals surface area contributed by atoms with Crippen LogP contribution in [0.4, 0.5) is 0 Å². The van der Waals surface area contributed by atoms with Gasteiger partial charge in [0, 0.05) is 6.54 Å². The van der Waals surface area contributed by atoms with Gasteiger partial charge in [-0.2, -0.15) is 0 Å². The van der Waals surface area contributed by atoms with Gasteiger partial charge in [0.15, 0.2) is 0 Å². The second-order valence-corrected chi connectivity index (χ2v) is 10.6. The Kier molecular flexibility index (Phi) is 9.29. The fraction of sp³-hybridized carbons (Fsp3) is 0.355. The summed E-state index contributed by atoms with van der Waals surface area (Å²) in [6.45, 7) is 3.46. The molecule has 1 aliphatic rings. The third-order valence-electron chi connectivity index (χ3n) is 7.09. The van der Waals surface area contributed by atoms with E-state index in [4.69, 9.17) is 0 Å². The van der Waals surface area contributed by atoms with Crippen molar-refractivity contribution in [2.75, 3.05) is 13.2 Å². The van der Waals surface area contributed by atoms with E-state index in [1.165, 1.54) is 0 Å². The van der Waals surface area contributed by atoms with E-state index in [9.17, 15) is 29.4 Å². The van der Waals surface area contributed by atoms with Crippen LogP contribution in [0.15, 0.2) is 66.7 Å². The number of nitrogens with one attached hydrogen (secondary N) is 2. The Labute approximate surface area is 233 Å². The fourth-order valence-corrected chi connectivity index (χ4v) is 5.04. The minimum absolute atomic E-state index is 0.0738. The number of fused-ring (bicyclic) bond motifs is 2. The van der Waals surface area contributed by atoms with Crippen molar-refractivity contribution in [2.24, 2.45) is 5.92 Å². The van der Waals surface area contributed by atoms with E-state index in [0.29, 0.717) is 24.0 Å². The van der Waals surface area contributed by atoms with Crippen LogP contribution in [0.1, 0.15) is 53.0 Å². The van der Waals surface area contributed by atoms with Crippen molar-refractivity contribution in [2.45, 2.75) is 51.2 Å². The molecule has 0 spiro atoms. The number of nitrogens with zero attached hydrogens (tertiary/aromatic N) is 1. The lowest BCUT2D eigenvalue weighted by atomic mass is 10.00. The van der Waals surface area contributed by atoms with E-state index in [1.54, 1.807) is 12.1 Å². The van der Waals surface area contributed by atoms with Crippen molar-refractivity contribution < 1.29 is 29.4 Å². The van der Waals surface area contributed by atoms with Crippen LogP contribution in [0, 0.1) is 5.92 Å². The first-order valence-corrected chi connectivity index (χ1v) is 13.5. The van der Waals surface area contributed by atoms with Gasteiger partial charge in [-0.1, -0.05) is 68.4 Å². The van der Waals surface area contributed by atoms with Crippen LogP contribution in [0.3, 0.4) is 0 Å². The van der Waals surface area contributed by atoms with Crippen LogP contribution in [0.5, 0.6) is 0 Å². The van der Waals surface area contributed by atoms with Crippen molar-refractivity contribution in [3.63, 3.8) is 0 Å². The van der Waals surface area contributed by atoms with Crippen molar-refractivity contribution in [3.8, 4) is 0 Å². The van der Waals surface area contributed by atoms with Gasteiger partial charge >= 0.3 is 5.97 Å². The summed E-state index contributed by atoms with van der Waals surface area (Å²) < 4.78 is 0. The SMILES string of the molecule is CC(C)C[C@H](N[C@H](CCN1C(=O)c2cc3ccccc3cc2C1=O)C(=O)O)C(=O)NC(CO)Cc1ccccc1. The molecule has 4 rings (SSSR count). The number of amides is 3. The molecule has 0 radical (unpaired) electrons. The maximum atomic E-state index is 13.2. The molecule has 0 aromatic heterocycles. The van der Waals surface area contributed by atoms with Crippen LogP contribution in [-0.2, 0) is 16.0 Å². The second kappa shape index (κ2) is 12.8. The topological polar surface area (TPSA) is 136 Å². The Morgan fingerprint density at radius 1 is 0.875 bits per heavy atom. The highest BCUT2D eigenvalue weighted by Crippen LogP contribution is 2.28. The van der Waals surface area contributed by atoms with Gasteiger partial charge in [0.25, 0.3) is 11.8 Å². The Balaban J connectivity index is 1.43. The largest absolute Gasteiger partial charge is 0.480 e. The molecule has 0 saturated heterocycles. The van der Waals surface area contributed by atoms with Gasteiger partial charge in [-0.3, -0.25) is 29.4 Å². The maximum Gasteiger partial charge on any atom is 0.320 e. The Hall–Kier alpha value is -4.08. The molecular formula is C31H35N3O6. The number of hydrogen-bond acceptors (Lipinski definition) is 6. The maximum absolute atomic E-state index is 13.2. The van der Waals surface area contributed by atoms with Crippen molar-refractivity contribution >= 4 is 34.5 Å². The number of aliphatic carboxylic acids is 1. The molecule has 0 aliphatic carbocycles. The average Bonchev–Trinajstić information content (AvgIpc) is 3.16. The quantitative estimate of drug-likeness (QED) is 0.243. The molecule has 4 N–H and O–H groups in total. The number of aliphatic hydroxyl groups excluding tert-OH is 1. The molecule has 3 atom stereocenters. The highest BCUT2D eigenvalue weighted by Gasteiger charge is 2.37. The lowest BCUT2D eigenvalue weighted by molar-refractivity contribution is -0.140. The Bertz CT molecular complexity index is 1340. The molecule has 0 fully saturated rings. The van der Waals surface area contributed by atoms with Crippen LogP contribution in [0.2, 0.25) is 0 Å². The van der Waals surface area contributed by atoms with Crippen molar-refractivity contribution in [1.82, 2.24) is 15.5 Å². The molecule has 210 valence electrons. The van der Waals surface area contributed by atoms with Gasteiger partial charge in [-0.15, -0.1) is 0 Å². The molecule has 0 saturated carbocycles. The first-order chi connectivity index (χ1) is 19.2. The highest BCUT2D eigenvalue weighted by atomic mass is 16.4. The summed E-state index contributed by atoms with van der Waals surface area (Å²) in [6.07, 6.45) is 0.711. The molecule has 40 heavy (non-hydrogen) atoms. The molecule has 3 amide bonds. The van der Waals surface area contributed by atoms with Gasteiger partial charge in [0.2, 0.25) is 5.91 Å². The third kappa shape index (κ3) is 6.73. The van der Waals surface area contributed by atoms with E-state index in [1.807, 2.05) is 68.4 Å². The summed E-state index contributed by atoms with van der Waals surface area (Å²) in [5.74, 6) is -2.45. The number of carboxylic acid groups (broad SMARTS) is 1. The molecular weight excluding hydrogens is 510 g/mol. The number of hydrogen-bond donors (Lipinski definition) is 4. The normalized spacial score (nSPS) is 15.2. The number of rotatable bonds is 13. The predicted molar refractivity (Wildman–Crippen MR) is 151 cm³/mol. The zero-order chi connectivity index (χ0) is 28.8. The second-order valence-electron chi connectivity index (χ2n) is 10.6. The first kappa shape index (κ1) is 28.9. The molecule has 3 aromatic carbocycles. The lowest BCUT2D eigenvalue weighted by Gasteiger charge is -2.27. The zero-order valence-electron chi connectivity index (χ0n) is 22.7. The smallest absolute Gasteiger partial charge is 0.320 e. The molecule has 9 heteroatoms.